The fraction of sp³-hybridized carbons (Fsp3) is 0.292. The molecule has 1 atom stereocenters. The van der Waals surface area contributed by atoms with Crippen molar-refractivity contribution in [3.05, 3.63) is 63.9 Å². The van der Waals surface area contributed by atoms with Crippen LogP contribution in [0.5, 0.6) is 0 Å². The second kappa shape index (κ2) is 7.74. The van der Waals surface area contributed by atoms with Gasteiger partial charge in [0.1, 0.15) is 11.4 Å². The third-order valence-corrected chi connectivity index (χ3v) is 6.49. The zero-order valence-corrected chi connectivity index (χ0v) is 19.0. The molecule has 0 saturated carbocycles. The number of hydrogen-bond acceptors (Lipinski definition) is 4. The van der Waals surface area contributed by atoms with Crippen LogP contribution < -0.4 is 15.1 Å². The van der Waals surface area contributed by atoms with Crippen molar-refractivity contribution in [1.82, 2.24) is 5.32 Å². The molecule has 0 aromatic heterocycles. The maximum Gasteiger partial charge on any atom is 0.335 e. The molecule has 2 aliphatic heterocycles. The molecule has 1 unspecified atom stereocenters. The molecule has 32 heavy (non-hydrogen) atoms. The van der Waals surface area contributed by atoms with Crippen LogP contribution in [0.3, 0.4) is 0 Å². The lowest BCUT2D eigenvalue weighted by Gasteiger charge is -2.45. The van der Waals surface area contributed by atoms with Crippen LogP contribution >= 0.6 is 11.6 Å². The predicted octanol–water partition coefficient (Wildman–Crippen LogP) is 4.87. The molecule has 0 bridgehead atoms. The summed E-state index contributed by atoms with van der Waals surface area (Å²) in [5.74, 6) is -2.08. The highest BCUT2D eigenvalue weighted by Crippen LogP contribution is 2.43. The molecule has 0 radical (unpaired) electrons. The number of hydrogen-bond donors (Lipinski definition) is 1. The number of nitrogens with zero attached hydrogens (tertiary/aromatic N) is 2. The van der Waals surface area contributed by atoms with E-state index < -0.39 is 23.7 Å². The average Bonchev–Trinajstić information content (AvgIpc) is 2.71. The summed E-state index contributed by atoms with van der Waals surface area (Å²) in [6.07, 6.45) is 2.07. The molecule has 2 aliphatic rings. The first-order chi connectivity index (χ1) is 15.0. The number of imide groups is 2. The Morgan fingerprint density at radius 2 is 1.81 bits per heavy atom. The minimum Gasteiger partial charge on any atom is -0.369 e. The fourth-order valence-corrected chi connectivity index (χ4v) is 4.48. The maximum atomic E-state index is 15.1. The molecule has 2 aromatic rings. The van der Waals surface area contributed by atoms with Crippen molar-refractivity contribution in [2.75, 3.05) is 16.8 Å². The summed E-state index contributed by atoms with van der Waals surface area (Å²) >= 11 is 5.88. The first-order valence-electron chi connectivity index (χ1n) is 10.2. The molecule has 1 N–H and O–H groups in total. The number of halogens is 2. The molecule has 1 fully saturated rings. The molecule has 1 saturated heterocycles. The summed E-state index contributed by atoms with van der Waals surface area (Å²) in [5, 5.41) is 2.58. The first kappa shape index (κ1) is 22.0. The van der Waals surface area contributed by atoms with Gasteiger partial charge < -0.3 is 4.90 Å². The van der Waals surface area contributed by atoms with E-state index in [1.165, 1.54) is 36.4 Å². The number of benzene rings is 2. The van der Waals surface area contributed by atoms with Gasteiger partial charge in [-0.1, -0.05) is 18.5 Å². The Balaban J connectivity index is 1.77. The van der Waals surface area contributed by atoms with Crippen LogP contribution in [-0.4, -0.2) is 30.4 Å². The SMILES string of the molecule is CC1CC(C)(C)N(C)c2cc(F)c(/C=C3/C(=O)NC(=O)N(c4ccc(Cl)cc4)C3=O)cc21. The van der Waals surface area contributed by atoms with Gasteiger partial charge in [-0.2, -0.15) is 0 Å². The molecule has 8 heteroatoms. The lowest BCUT2D eigenvalue weighted by molar-refractivity contribution is -0.122. The molecule has 4 rings (SSSR count). The van der Waals surface area contributed by atoms with Gasteiger partial charge in [0, 0.05) is 28.9 Å². The zero-order valence-electron chi connectivity index (χ0n) is 18.2. The van der Waals surface area contributed by atoms with Crippen molar-refractivity contribution in [3.63, 3.8) is 0 Å². The van der Waals surface area contributed by atoms with Crippen molar-refractivity contribution in [2.45, 2.75) is 38.6 Å². The van der Waals surface area contributed by atoms with E-state index in [2.05, 4.69) is 26.1 Å². The molecular weight excluding hydrogens is 433 g/mol. The quantitative estimate of drug-likeness (QED) is 0.518. The smallest absolute Gasteiger partial charge is 0.335 e. The Kier molecular flexibility index (Phi) is 5.33. The summed E-state index contributed by atoms with van der Waals surface area (Å²) in [6.45, 7) is 6.28. The van der Waals surface area contributed by atoms with Gasteiger partial charge in [-0.25, -0.2) is 14.1 Å². The Labute approximate surface area is 190 Å². The summed E-state index contributed by atoms with van der Waals surface area (Å²) < 4.78 is 15.1. The van der Waals surface area contributed by atoms with Crippen LogP contribution in [-0.2, 0) is 9.59 Å². The van der Waals surface area contributed by atoms with Crippen molar-refractivity contribution in [3.8, 4) is 0 Å². The van der Waals surface area contributed by atoms with Crippen LogP contribution in [0.2, 0.25) is 5.02 Å². The number of fused-ring (bicyclic) bond motifs is 1. The normalized spacial score (nSPS) is 21.6. The minimum atomic E-state index is -0.872. The number of carbonyl (C=O) groups excluding carboxylic acids is 3. The number of rotatable bonds is 2. The third kappa shape index (κ3) is 3.66. The van der Waals surface area contributed by atoms with Crippen molar-refractivity contribution < 1.29 is 18.8 Å². The fourth-order valence-electron chi connectivity index (χ4n) is 4.35. The average molecular weight is 456 g/mol. The summed E-state index contributed by atoms with van der Waals surface area (Å²) in [6, 6.07) is 8.28. The number of urea groups is 1. The van der Waals surface area contributed by atoms with Crippen LogP contribution in [0.4, 0.5) is 20.6 Å². The van der Waals surface area contributed by atoms with E-state index in [0.29, 0.717) is 5.02 Å². The van der Waals surface area contributed by atoms with Crippen molar-refractivity contribution >= 4 is 46.9 Å². The van der Waals surface area contributed by atoms with E-state index in [9.17, 15) is 14.4 Å². The number of barbiturate groups is 1. The lowest BCUT2D eigenvalue weighted by Crippen LogP contribution is -2.54. The summed E-state index contributed by atoms with van der Waals surface area (Å²) in [4.78, 5) is 40.7. The number of nitrogens with one attached hydrogen (secondary N) is 1. The molecule has 0 spiro atoms. The standard InChI is InChI=1S/C24H23ClFN3O3/c1-13-12-24(2,3)28(4)20-11-19(26)14(9-17(13)20)10-18-21(30)27-23(32)29(22(18)31)16-7-5-15(25)6-8-16/h5-11,13H,12H2,1-4H3,(H,27,30,32)/b18-10-. The van der Waals surface area contributed by atoms with Crippen molar-refractivity contribution in [2.24, 2.45) is 0 Å². The van der Waals surface area contributed by atoms with E-state index in [1.54, 1.807) is 6.07 Å². The third-order valence-electron chi connectivity index (χ3n) is 6.24. The van der Waals surface area contributed by atoms with E-state index in [0.717, 1.165) is 22.6 Å². The highest BCUT2D eigenvalue weighted by atomic mass is 35.5. The van der Waals surface area contributed by atoms with Gasteiger partial charge in [0.15, 0.2) is 0 Å². The second-order valence-corrected chi connectivity index (χ2v) is 9.28. The topological polar surface area (TPSA) is 69.7 Å². The van der Waals surface area contributed by atoms with Gasteiger partial charge in [-0.15, -0.1) is 0 Å². The van der Waals surface area contributed by atoms with Crippen LogP contribution in [0.15, 0.2) is 42.0 Å². The molecule has 2 aromatic carbocycles. The lowest BCUT2D eigenvalue weighted by atomic mass is 9.80. The van der Waals surface area contributed by atoms with Gasteiger partial charge in [0.2, 0.25) is 0 Å². The number of carbonyl (C=O) groups is 3. The Morgan fingerprint density at radius 1 is 1.16 bits per heavy atom. The number of amides is 4. The van der Waals surface area contributed by atoms with E-state index in [4.69, 9.17) is 11.6 Å². The van der Waals surface area contributed by atoms with Gasteiger partial charge in [0.25, 0.3) is 11.8 Å². The van der Waals surface area contributed by atoms with Crippen LogP contribution in [0.25, 0.3) is 6.08 Å². The zero-order chi connectivity index (χ0) is 23.4. The van der Waals surface area contributed by atoms with Crippen molar-refractivity contribution in [1.29, 1.82) is 0 Å². The first-order valence-corrected chi connectivity index (χ1v) is 10.6. The number of anilines is 2. The van der Waals surface area contributed by atoms with Gasteiger partial charge >= 0.3 is 6.03 Å². The monoisotopic (exact) mass is 455 g/mol. The van der Waals surface area contributed by atoms with E-state index >= 15 is 4.39 Å². The summed E-state index contributed by atoms with van der Waals surface area (Å²) in [5.41, 5.74) is 1.64. The molecule has 166 valence electrons. The molecule has 2 heterocycles. The highest BCUT2D eigenvalue weighted by molar-refractivity contribution is 6.39. The molecule has 6 nitrogen and oxygen atoms in total. The maximum absolute atomic E-state index is 15.1. The molecule has 0 aliphatic carbocycles. The van der Waals surface area contributed by atoms with Gasteiger partial charge in [0.05, 0.1) is 5.69 Å². The Morgan fingerprint density at radius 3 is 2.47 bits per heavy atom. The second-order valence-electron chi connectivity index (χ2n) is 8.84. The predicted molar refractivity (Wildman–Crippen MR) is 122 cm³/mol. The van der Waals surface area contributed by atoms with Crippen LogP contribution in [0.1, 0.15) is 44.2 Å². The Hall–Kier alpha value is -3.19. The van der Waals surface area contributed by atoms with E-state index in [-0.39, 0.29) is 28.3 Å². The van der Waals surface area contributed by atoms with Gasteiger partial charge in [-0.3, -0.25) is 14.9 Å². The minimum absolute atomic E-state index is 0.118. The Bertz CT molecular complexity index is 1170. The molecular formula is C24H23ClFN3O3. The van der Waals surface area contributed by atoms with E-state index in [1.807, 2.05) is 11.9 Å². The highest BCUT2D eigenvalue weighted by Gasteiger charge is 2.38. The largest absolute Gasteiger partial charge is 0.369 e. The van der Waals surface area contributed by atoms with Gasteiger partial charge in [-0.05, 0) is 74.2 Å². The molecule has 4 amide bonds. The summed E-state index contributed by atoms with van der Waals surface area (Å²) in [7, 11) is 1.93. The van der Waals surface area contributed by atoms with Crippen LogP contribution in [0, 0.1) is 5.82 Å².